The highest BCUT2D eigenvalue weighted by Crippen LogP contribution is 2.31. The summed E-state index contributed by atoms with van der Waals surface area (Å²) in [5, 5.41) is 9.94. The highest BCUT2D eigenvalue weighted by atomic mass is 32.2. The number of nitrogens with zero attached hydrogens (tertiary/aromatic N) is 5. The molecule has 0 amide bonds. The summed E-state index contributed by atoms with van der Waals surface area (Å²) in [7, 11) is 0. The number of halogens is 3. The fourth-order valence-electron chi connectivity index (χ4n) is 3.20. The van der Waals surface area contributed by atoms with Crippen molar-refractivity contribution < 1.29 is 17.9 Å². The molecule has 0 aliphatic rings. The van der Waals surface area contributed by atoms with E-state index in [1.807, 2.05) is 6.07 Å². The van der Waals surface area contributed by atoms with Crippen LogP contribution in [0.15, 0.2) is 65.2 Å². The van der Waals surface area contributed by atoms with E-state index in [-0.39, 0.29) is 22.8 Å². The quantitative estimate of drug-likeness (QED) is 0.278. The van der Waals surface area contributed by atoms with Crippen LogP contribution in [-0.4, -0.2) is 24.9 Å². The number of H-pyrrole nitrogens is 1. The monoisotopic (exact) mass is 510 g/mol. The first-order chi connectivity index (χ1) is 17.2. The minimum Gasteiger partial charge on any atom is -0.438 e. The zero-order valence-corrected chi connectivity index (χ0v) is 19.5. The Balaban J connectivity index is 1.44. The highest BCUT2D eigenvalue weighted by molar-refractivity contribution is 7.98. The average molecular weight is 511 g/mol. The number of hydrogen-bond donors (Lipinski definition) is 1. The van der Waals surface area contributed by atoms with E-state index in [1.54, 1.807) is 37.5 Å². The fourth-order valence-corrected chi connectivity index (χ4v) is 4.05. The van der Waals surface area contributed by atoms with Gasteiger partial charge in [-0.1, -0.05) is 17.8 Å². The molecule has 0 saturated heterocycles. The van der Waals surface area contributed by atoms with Gasteiger partial charge < -0.3 is 9.72 Å². The maximum Gasteiger partial charge on any atom is 0.417 e. The van der Waals surface area contributed by atoms with Gasteiger partial charge in [0.1, 0.15) is 18.1 Å². The SMILES string of the molecule is Cc1nc(SCc2ccc(Oc3ccc(C(F)(F)F)cn3)c(C#N)c2)[nH]c(=O)c1Cc1cncnc1. The Bertz CT molecular complexity index is 1470. The lowest BCUT2D eigenvalue weighted by atomic mass is 10.1. The van der Waals surface area contributed by atoms with Crippen LogP contribution in [0.2, 0.25) is 0 Å². The van der Waals surface area contributed by atoms with Gasteiger partial charge in [-0.25, -0.2) is 19.9 Å². The molecule has 4 aromatic rings. The van der Waals surface area contributed by atoms with Gasteiger partial charge in [-0.2, -0.15) is 18.4 Å². The molecule has 36 heavy (non-hydrogen) atoms. The number of ether oxygens (including phenoxy) is 1. The number of benzene rings is 1. The molecule has 1 aromatic carbocycles. The molecule has 0 aliphatic carbocycles. The lowest BCUT2D eigenvalue weighted by molar-refractivity contribution is -0.137. The maximum absolute atomic E-state index is 12.7. The lowest BCUT2D eigenvalue weighted by Crippen LogP contribution is -2.17. The largest absolute Gasteiger partial charge is 0.438 e. The summed E-state index contributed by atoms with van der Waals surface area (Å²) in [4.78, 5) is 31.4. The van der Waals surface area contributed by atoms with Crippen molar-refractivity contribution in [2.24, 2.45) is 0 Å². The smallest absolute Gasteiger partial charge is 0.417 e. The maximum atomic E-state index is 12.7. The molecule has 1 N–H and O–H groups in total. The summed E-state index contributed by atoms with van der Waals surface area (Å²) in [5.74, 6) is 0.498. The van der Waals surface area contributed by atoms with Gasteiger partial charge in [-0.05, 0) is 36.2 Å². The van der Waals surface area contributed by atoms with E-state index in [0.717, 1.165) is 23.3 Å². The van der Waals surface area contributed by atoms with E-state index in [9.17, 15) is 23.2 Å². The Labute approximate surface area is 207 Å². The molecule has 182 valence electrons. The average Bonchev–Trinajstić information content (AvgIpc) is 2.86. The van der Waals surface area contributed by atoms with Gasteiger partial charge >= 0.3 is 6.18 Å². The number of hydrogen-bond acceptors (Lipinski definition) is 8. The molecule has 3 aromatic heterocycles. The van der Waals surface area contributed by atoms with Crippen LogP contribution in [0.5, 0.6) is 11.6 Å². The minimum atomic E-state index is -4.50. The van der Waals surface area contributed by atoms with E-state index in [0.29, 0.717) is 34.8 Å². The normalized spacial score (nSPS) is 11.2. The van der Waals surface area contributed by atoms with Gasteiger partial charge in [0.2, 0.25) is 5.88 Å². The summed E-state index contributed by atoms with van der Waals surface area (Å²) in [6.45, 7) is 1.76. The minimum absolute atomic E-state index is 0.0685. The van der Waals surface area contributed by atoms with Gasteiger partial charge in [0.25, 0.3) is 5.56 Å². The van der Waals surface area contributed by atoms with Gasteiger partial charge in [0, 0.05) is 48.1 Å². The van der Waals surface area contributed by atoms with Crippen molar-refractivity contribution in [1.82, 2.24) is 24.9 Å². The number of pyridine rings is 1. The van der Waals surface area contributed by atoms with Crippen LogP contribution in [0.1, 0.15) is 33.5 Å². The number of nitriles is 1. The van der Waals surface area contributed by atoms with E-state index < -0.39 is 11.7 Å². The summed E-state index contributed by atoms with van der Waals surface area (Å²) in [6.07, 6.45) is 1.23. The first-order valence-electron chi connectivity index (χ1n) is 10.4. The summed E-state index contributed by atoms with van der Waals surface area (Å²) >= 11 is 1.29. The van der Waals surface area contributed by atoms with E-state index in [2.05, 4.69) is 24.9 Å². The van der Waals surface area contributed by atoms with Crippen molar-refractivity contribution in [3.63, 3.8) is 0 Å². The first kappa shape index (κ1) is 24.9. The molecular weight excluding hydrogens is 493 g/mol. The van der Waals surface area contributed by atoms with Gasteiger partial charge in [-0.3, -0.25) is 4.79 Å². The number of rotatable bonds is 7. The van der Waals surface area contributed by atoms with Crippen molar-refractivity contribution in [3.05, 3.63) is 99.1 Å². The number of aromatic amines is 1. The second-order valence-electron chi connectivity index (χ2n) is 7.57. The molecule has 0 bridgehead atoms. The zero-order valence-electron chi connectivity index (χ0n) is 18.7. The van der Waals surface area contributed by atoms with Crippen molar-refractivity contribution in [1.29, 1.82) is 5.26 Å². The molecule has 0 saturated carbocycles. The van der Waals surface area contributed by atoms with Crippen LogP contribution in [0, 0.1) is 18.3 Å². The predicted octanol–water partition coefficient (Wildman–Crippen LogP) is 4.83. The highest BCUT2D eigenvalue weighted by Gasteiger charge is 2.30. The molecule has 0 aliphatic heterocycles. The molecule has 0 fully saturated rings. The summed E-state index contributed by atoms with van der Waals surface area (Å²) in [6, 6.07) is 8.81. The van der Waals surface area contributed by atoms with Crippen LogP contribution in [-0.2, 0) is 18.3 Å². The third kappa shape index (κ3) is 6.05. The molecule has 0 radical (unpaired) electrons. The Morgan fingerprint density at radius 3 is 2.53 bits per heavy atom. The molecule has 12 heteroatoms. The van der Waals surface area contributed by atoms with Crippen molar-refractivity contribution in [2.75, 3.05) is 0 Å². The van der Waals surface area contributed by atoms with Gasteiger partial charge in [0.15, 0.2) is 5.16 Å². The molecule has 0 atom stereocenters. The Kier molecular flexibility index (Phi) is 7.30. The van der Waals surface area contributed by atoms with E-state index in [4.69, 9.17) is 4.74 Å². The number of aryl methyl sites for hydroxylation is 1. The molecule has 3 heterocycles. The molecular formula is C24H17F3N6O2S. The number of alkyl halides is 3. The van der Waals surface area contributed by atoms with Crippen LogP contribution >= 0.6 is 11.8 Å². The van der Waals surface area contributed by atoms with Crippen molar-refractivity contribution in [2.45, 2.75) is 30.4 Å². The zero-order chi connectivity index (χ0) is 25.7. The molecule has 8 nitrogen and oxygen atoms in total. The first-order valence-corrected chi connectivity index (χ1v) is 11.4. The lowest BCUT2D eigenvalue weighted by Gasteiger charge is -2.10. The topological polar surface area (TPSA) is 117 Å². The number of thioether (sulfide) groups is 1. The summed E-state index contributed by atoms with van der Waals surface area (Å²) in [5.41, 5.74) is 1.72. The predicted molar refractivity (Wildman–Crippen MR) is 124 cm³/mol. The second-order valence-corrected chi connectivity index (χ2v) is 8.54. The molecule has 0 spiro atoms. The van der Waals surface area contributed by atoms with Crippen LogP contribution in [0.4, 0.5) is 13.2 Å². The van der Waals surface area contributed by atoms with Crippen LogP contribution in [0.25, 0.3) is 0 Å². The number of aromatic nitrogens is 5. The van der Waals surface area contributed by atoms with Gasteiger partial charge in [0.05, 0.1) is 11.1 Å². The van der Waals surface area contributed by atoms with E-state index in [1.165, 1.54) is 18.1 Å². The molecule has 0 unspecified atom stereocenters. The standard InChI is InChI=1S/C24H17F3N6O2S/c1-14-19(7-16-9-29-13-30-10-16)22(34)33-23(32-14)36-12-15-2-4-20(17(6-15)8-28)35-21-5-3-18(11-31-21)24(25,26)27/h2-6,9-11,13H,7,12H2,1H3,(H,32,33,34). The van der Waals surface area contributed by atoms with Crippen LogP contribution in [0.3, 0.4) is 0 Å². The Morgan fingerprint density at radius 1 is 1.11 bits per heavy atom. The second kappa shape index (κ2) is 10.6. The Hall–Kier alpha value is -4.24. The van der Waals surface area contributed by atoms with Gasteiger partial charge in [-0.15, -0.1) is 0 Å². The fraction of sp³-hybridized carbons (Fsp3) is 0.167. The summed E-state index contributed by atoms with van der Waals surface area (Å²) < 4.78 is 43.6. The van der Waals surface area contributed by atoms with Crippen molar-refractivity contribution in [3.8, 4) is 17.7 Å². The third-order valence-electron chi connectivity index (χ3n) is 5.01. The van der Waals surface area contributed by atoms with Crippen molar-refractivity contribution >= 4 is 11.8 Å². The van der Waals surface area contributed by atoms with Crippen LogP contribution < -0.4 is 10.3 Å². The molecule has 4 rings (SSSR count). The number of nitrogens with one attached hydrogen (secondary N) is 1. The third-order valence-corrected chi connectivity index (χ3v) is 5.96. The Morgan fingerprint density at radius 2 is 1.89 bits per heavy atom. The van der Waals surface area contributed by atoms with E-state index >= 15 is 0 Å².